The molecule has 1 saturated carbocycles. The number of fused-ring (bicyclic) bond motifs is 1. The molecule has 0 aromatic heterocycles. The summed E-state index contributed by atoms with van der Waals surface area (Å²) < 4.78 is 0. The van der Waals surface area contributed by atoms with Gasteiger partial charge in [0.25, 0.3) is 0 Å². The summed E-state index contributed by atoms with van der Waals surface area (Å²) in [6.07, 6.45) is 4.19. The summed E-state index contributed by atoms with van der Waals surface area (Å²) in [6, 6.07) is 7.12. The molecular formula is C16H23N. The van der Waals surface area contributed by atoms with Gasteiger partial charge in [-0.05, 0) is 47.8 Å². The Bertz CT molecular complexity index is 404. The number of nitrogens with zero attached hydrogens (tertiary/aromatic N) is 1. The fourth-order valence-corrected chi connectivity index (χ4v) is 2.82. The number of rotatable bonds is 3. The van der Waals surface area contributed by atoms with Crippen molar-refractivity contribution in [3.8, 4) is 0 Å². The maximum Gasteiger partial charge on any atom is 0.0236 e. The molecule has 1 aromatic rings. The Morgan fingerprint density at radius 1 is 1.24 bits per heavy atom. The van der Waals surface area contributed by atoms with Crippen LogP contribution in [0.4, 0.5) is 0 Å². The molecular weight excluding hydrogens is 206 g/mol. The van der Waals surface area contributed by atoms with Gasteiger partial charge in [0.05, 0.1) is 0 Å². The molecule has 0 atom stereocenters. The maximum atomic E-state index is 2.66. The average molecular weight is 229 g/mol. The van der Waals surface area contributed by atoms with Crippen molar-refractivity contribution in [3.63, 3.8) is 0 Å². The fraction of sp³-hybridized carbons (Fsp3) is 0.625. The van der Waals surface area contributed by atoms with Gasteiger partial charge < -0.3 is 0 Å². The first-order valence-electron chi connectivity index (χ1n) is 7.06. The smallest absolute Gasteiger partial charge is 0.0236 e. The molecule has 1 heteroatoms. The third kappa shape index (κ3) is 2.55. The molecule has 1 fully saturated rings. The first-order chi connectivity index (χ1) is 8.22. The van der Waals surface area contributed by atoms with Crippen LogP contribution in [0.2, 0.25) is 0 Å². The molecule has 0 amide bonds. The zero-order valence-electron chi connectivity index (χ0n) is 11.1. The molecule has 1 aliphatic carbocycles. The van der Waals surface area contributed by atoms with E-state index in [1.165, 1.54) is 44.5 Å². The molecule has 3 rings (SSSR count). The molecule has 0 N–H and O–H groups in total. The summed E-state index contributed by atoms with van der Waals surface area (Å²) in [5, 5.41) is 0. The molecule has 92 valence electrons. The Morgan fingerprint density at radius 3 is 2.76 bits per heavy atom. The molecule has 0 spiro atoms. The van der Waals surface area contributed by atoms with Crippen molar-refractivity contribution < 1.29 is 0 Å². The lowest BCUT2D eigenvalue weighted by molar-refractivity contribution is 0.244. The van der Waals surface area contributed by atoms with E-state index in [0.717, 1.165) is 5.92 Å². The third-order valence-electron chi connectivity index (χ3n) is 4.20. The summed E-state index contributed by atoms with van der Waals surface area (Å²) in [7, 11) is 0. The lowest BCUT2D eigenvalue weighted by Crippen LogP contribution is -2.32. The van der Waals surface area contributed by atoms with Crippen LogP contribution in [0.3, 0.4) is 0 Å². The van der Waals surface area contributed by atoms with Crippen molar-refractivity contribution in [2.24, 2.45) is 5.92 Å². The number of hydrogen-bond donors (Lipinski definition) is 0. The molecule has 0 saturated heterocycles. The highest BCUT2D eigenvalue weighted by Gasteiger charge is 2.26. The van der Waals surface area contributed by atoms with Gasteiger partial charge in [-0.15, -0.1) is 0 Å². The molecule has 1 nitrogen and oxygen atoms in total. The van der Waals surface area contributed by atoms with Gasteiger partial charge in [-0.1, -0.05) is 32.0 Å². The van der Waals surface area contributed by atoms with E-state index in [2.05, 4.69) is 36.9 Å². The quantitative estimate of drug-likeness (QED) is 0.766. The van der Waals surface area contributed by atoms with Crippen molar-refractivity contribution in [1.82, 2.24) is 4.90 Å². The highest BCUT2D eigenvalue weighted by molar-refractivity contribution is 5.35. The second-order valence-electron chi connectivity index (χ2n) is 6.11. The zero-order chi connectivity index (χ0) is 11.8. The van der Waals surface area contributed by atoms with Crippen LogP contribution in [0.15, 0.2) is 18.2 Å². The fourth-order valence-electron chi connectivity index (χ4n) is 2.82. The summed E-state index contributed by atoms with van der Waals surface area (Å²) in [5.74, 6) is 1.67. The van der Waals surface area contributed by atoms with Gasteiger partial charge in [-0.2, -0.15) is 0 Å². The first-order valence-corrected chi connectivity index (χ1v) is 7.06. The van der Waals surface area contributed by atoms with Crippen molar-refractivity contribution in [1.29, 1.82) is 0 Å². The van der Waals surface area contributed by atoms with Crippen LogP contribution in [0.5, 0.6) is 0 Å². The van der Waals surface area contributed by atoms with Gasteiger partial charge >= 0.3 is 0 Å². The molecule has 0 unspecified atom stereocenters. The minimum Gasteiger partial charge on any atom is -0.298 e. The van der Waals surface area contributed by atoms with E-state index in [1.54, 1.807) is 11.1 Å². The van der Waals surface area contributed by atoms with E-state index in [4.69, 9.17) is 0 Å². The van der Waals surface area contributed by atoms with Crippen LogP contribution in [0, 0.1) is 5.92 Å². The van der Waals surface area contributed by atoms with E-state index in [1.807, 2.05) is 0 Å². The second kappa shape index (κ2) is 4.45. The molecule has 17 heavy (non-hydrogen) atoms. The van der Waals surface area contributed by atoms with Crippen LogP contribution in [0.25, 0.3) is 0 Å². The largest absolute Gasteiger partial charge is 0.298 e. The maximum absolute atomic E-state index is 2.66. The Hall–Kier alpha value is -0.820. The van der Waals surface area contributed by atoms with Crippen LogP contribution in [0.1, 0.15) is 49.3 Å². The minimum atomic E-state index is 0.652. The Morgan fingerprint density at radius 2 is 2.06 bits per heavy atom. The molecule has 0 bridgehead atoms. The van der Waals surface area contributed by atoms with Crippen molar-refractivity contribution >= 4 is 0 Å². The highest BCUT2D eigenvalue weighted by atomic mass is 15.1. The minimum absolute atomic E-state index is 0.652. The Labute approximate surface area is 105 Å². The molecule has 0 radical (unpaired) electrons. The van der Waals surface area contributed by atoms with E-state index < -0.39 is 0 Å². The lowest BCUT2D eigenvalue weighted by Gasteiger charge is -2.29. The van der Waals surface area contributed by atoms with Gasteiger partial charge in [0.1, 0.15) is 0 Å². The van der Waals surface area contributed by atoms with Crippen molar-refractivity contribution in [2.45, 2.75) is 45.6 Å². The molecule has 1 aliphatic heterocycles. The van der Waals surface area contributed by atoms with Gasteiger partial charge in [-0.25, -0.2) is 0 Å². The molecule has 1 aromatic carbocycles. The lowest BCUT2D eigenvalue weighted by atomic mass is 9.93. The Balaban J connectivity index is 1.76. The standard InChI is InChI=1S/C16H23N/c1-12(2)15-6-5-14-7-8-17(10-13-3-4-13)11-16(14)9-15/h5-6,9,12-13H,3-4,7-8,10-11H2,1-2H3. The molecule has 2 aliphatic rings. The van der Waals surface area contributed by atoms with Gasteiger partial charge in [0.15, 0.2) is 0 Å². The van der Waals surface area contributed by atoms with Crippen molar-refractivity contribution in [3.05, 3.63) is 34.9 Å². The number of benzene rings is 1. The summed E-state index contributed by atoms with van der Waals surface area (Å²) in [5.41, 5.74) is 4.67. The predicted molar refractivity (Wildman–Crippen MR) is 72.2 cm³/mol. The van der Waals surface area contributed by atoms with Gasteiger partial charge in [-0.3, -0.25) is 4.90 Å². The van der Waals surface area contributed by atoms with E-state index in [-0.39, 0.29) is 0 Å². The van der Waals surface area contributed by atoms with Crippen LogP contribution >= 0.6 is 0 Å². The first kappa shape index (κ1) is 11.3. The number of hydrogen-bond acceptors (Lipinski definition) is 1. The highest BCUT2D eigenvalue weighted by Crippen LogP contribution is 2.32. The predicted octanol–water partition coefficient (Wildman–Crippen LogP) is 3.58. The Kier molecular flexibility index (Phi) is 2.96. The van der Waals surface area contributed by atoms with Crippen LogP contribution in [-0.2, 0) is 13.0 Å². The SMILES string of the molecule is CC(C)c1ccc2c(c1)CN(CC1CC1)CC2. The van der Waals surface area contributed by atoms with E-state index in [0.29, 0.717) is 5.92 Å². The summed E-state index contributed by atoms with van der Waals surface area (Å²) in [6.45, 7) is 8.36. The van der Waals surface area contributed by atoms with Crippen LogP contribution in [-0.4, -0.2) is 18.0 Å². The van der Waals surface area contributed by atoms with Gasteiger partial charge in [0.2, 0.25) is 0 Å². The average Bonchev–Trinajstić information content (AvgIpc) is 3.12. The normalized spacial score (nSPS) is 20.6. The zero-order valence-corrected chi connectivity index (χ0v) is 11.1. The topological polar surface area (TPSA) is 3.24 Å². The van der Waals surface area contributed by atoms with E-state index >= 15 is 0 Å². The monoisotopic (exact) mass is 229 g/mol. The van der Waals surface area contributed by atoms with Gasteiger partial charge in [0, 0.05) is 19.6 Å². The second-order valence-corrected chi connectivity index (χ2v) is 6.11. The summed E-state index contributed by atoms with van der Waals surface area (Å²) >= 11 is 0. The van der Waals surface area contributed by atoms with Crippen LogP contribution < -0.4 is 0 Å². The van der Waals surface area contributed by atoms with E-state index in [9.17, 15) is 0 Å². The molecule has 1 heterocycles. The van der Waals surface area contributed by atoms with Crippen molar-refractivity contribution in [2.75, 3.05) is 13.1 Å². The third-order valence-corrected chi connectivity index (χ3v) is 4.20. The summed E-state index contributed by atoms with van der Waals surface area (Å²) in [4.78, 5) is 2.66.